The molecule has 0 unspecified atom stereocenters. The van der Waals surface area contributed by atoms with Gasteiger partial charge >= 0.3 is 11.9 Å². The largest absolute Gasteiger partial charge is 0.489 e. The number of nitro groups is 1. The average molecular weight is 458 g/mol. The van der Waals surface area contributed by atoms with Crippen LogP contribution in [0.15, 0.2) is 46.1 Å². The number of aromatic amines is 1. The summed E-state index contributed by atoms with van der Waals surface area (Å²) in [5, 5.41) is 11.8. The summed E-state index contributed by atoms with van der Waals surface area (Å²) in [5.41, 5.74) is -7.00. The number of halogens is 4. The van der Waals surface area contributed by atoms with E-state index in [4.69, 9.17) is 22.2 Å². The molecular weight excluding hydrogens is 447 g/mol. The average Bonchev–Trinajstić information content (AvgIpc) is 2.69. The summed E-state index contributed by atoms with van der Waals surface area (Å²) in [5.74, 6) is 5.10. The van der Waals surface area contributed by atoms with Crippen LogP contribution in [0.5, 0.6) is 5.75 Å². The molecule has 0 radical (unpaired) electrons. The number of pyridine rings is 1. The molecule has 3 rings (SSSR count). The van der Waals surface area contributed by atoms with Crippen LogP contribution in [-0.2, 0) is 12.8 Å². The van der Waals surface area contributed by atoms with Crippen LogP contribution in [-0.4, -0.2) is 19.6 Å². The highest BCUT2D eigenvalue weighted by molar-refractivity contribution is 6.29. The van der Waals surface area contributed by atoms with Crippen molar-refractivity contribution in [2.75, 3.05) is 5.84 Å². The predicted octanol–water partition coefficient (Wildman–Crippen LogP) is 2.47. The number of aromatic nitrogens is 3. The van der Waals surface area contributed by atoms with Crippen molar-refractivity contribution in [2.24, 2.45) is 0 Å². The maximum absolute atomic E-state index is 13.5. The lowest BCUT2D eigenvalue weighted by Crippen LogP contribution is -2.41. The third kappa shape index (κ3) is 4.50. The highest BCUT2D eigenvalue weighted by Gasteiger charge is 2.40. The van der Waals surface area contributed by atoms with Gasteiger partial charge in [0.05, 0.1) is 22.1 Å². The first-order chi connectivity index (χ1) is 14.5. The number of nitrogens with zero attached hydrogens (tertiary/aromatic N) is 3. The summed E-state index contributed by atoms with van der Waals surface area (Å²) in [4.78, 5) is 39.7. The van der Waals surface area contributed by atoms with Gasteiger partial charge in [0.1, 0.15) is 17.5 Å². The molecule has 0 saturated heterocycles. The Labute approximate surface area is 174 Å². The van der Waals surface area contributed by atoms with Gasteiger partial charge < -0.3 is 10.6 Å². The van der Waals surface area contributed by atoms with Crippen molar-refractivity contribution in [2.45, 2.75) is 12.8 Å². The molecule has 0 amide bonds. The topological polar surface area (TPSA) is 146 Å². The highest BCUT2D eigenvalue weighted by atomic mass is 35.5. The summed E-state index contributed by atoms with van der Waals surface area (Å²) in [6, 6.07) is 5.98. The van der Waals surface area contributed by atoms with Crippen molar-refractivity contribution < 1.29 is 22.8 Å². The van der Waals surface area contributed by atoms with Crippen molar-refractivity contribution in [3.63, 3.8) is 0 Å². The van der Waals surface area contributed by atoms with E-state index in [0.29, 0.717) is 5.56 Å². The number of alkyl halides is 3. The summed E-state index contributed by atoms with van der Waals surface area (Å²) >= 11 is 5.67. The number of hydrogen-bond donors (Lipinski definition) is 2. The fourth-order valence-electron chi connectivity index (χ4n) is 2.70. The van der Waals surface area contributed by atoms with E-state index in [1.54, 1.807) is 11.1 Å². The zero-order valence-corrected chi connectivity index (χ0v) is 15.9. The van der Waals surface area contributed by atoms with E-state index < -0.39 is 44.9 Å². The zero-order chi connectivity index (χ0) is 22.9. The first-order valence-corrected chi connectivity index (χ1v) is 8.60. The molecule has 162 valence electrons. The van der Waals surface area contributed by atoms with E-state index in [1.165, 1.54) is 12.3 Å². The molecule has 0 atom stereocenters. The van der Waals surface area contributed by atoms with Crippen molar-refractivity contribution in [3.8, 4) is 16.9 Å². The van der Waals surface area contributed by atoms with Crippen LogP contribution in [0.4, 0.5) is 18.9 Å². The zero-order valence-electron chi connectivity index (χ0n) is 15.1. The Hall–Kier alpha value is -3.87. The molecule has 0 aliphatic carbocycles. The van der Waals surface area contributed by atoms with Crippen LogP contribution < -0.4 is 21.8 Å². The van der Waals surface area contributed by atoms with Crippen LogP contribution in [0.25, 0.3) is 11.1 Å². The summed E-state index contributed by atoms with van der Waals surface area (Å²) < 4.78 is 45.6. The van der Waals surface area contributed by atoms with Gasteiger partial charge in [0.2, 0.25) is 0 Å². The predicted molar refractivity (Wildman–Crippen MR) is 102 cm³/mol. The molecule has 0 spiro atoms. The monoisotopic (exact) mass is 457 g/mol. The third-order valence-corrected chi connectivity index (χ3v) is 4.27. The smallest absolute Gasteiger partial charge is 0.434 e. The second kappa shape index (κ2) is 8.10. The van der Waals surface area contributed by atoms with Crippen LogP contribution >= 0.6 is 11.6 Å². The van der Waals surface area contributed by atoms with Gasteiger partial charge in [0.15, 0.2) is 5.69 Å². The molecule has 0 aliphatic rings. The summed E-state index contributed by atoms with van der Waals surface area (Å²) in [7, 11) is 0. The molecule has 2 heterocycles. The van der Waals surface area contributed by atoms with Crippen LogP contribution in [0.2, 0.25) is 5.15 Å². The van der Waals surface area contributed by atoms with Gasteiger partial charge in [-0.15, -0.1) is 0 Å². The Kier molecular flexibility index (Phi) is 5.71. The number of ether oxygens (including phenoxy) is 1. The number of benzene rings is 1. The standard InChI is InChI=1S/C17H11ClF3N5O5/c18-12-4-1-8(6-23-12)7-31-9-2-3-10(11(5-9)26(29)30)13-14(17(19,20)21)25(22)16(28)24-15(13)27/h1-6H,7,22H2,(H,24,27,28). The van der Waals surface area contributed by atoms with Crippen LogP contribution in [0.1, 0.15) is 11.3 Å². The normalized spacial score (nSPS) is 11.4. The molecule has 31 heavy (non-hydrogen) atoms. The Morgan fingerprint density at radius 1 is 1.26 bits per heavy atom. The number of nitrogens with one attached hydrogen (secondary N) is 1. The number of nitrogens with two attached hydrogens (primary N) is 1. The molecular formula is C17H11ClF3N5O5. The molecule has 0 saturated carbocycles. The molecule has 3 aromatic rings. The van der Waals surface area contributed by atoms with Crippen molar-refractivity contribution in [1.29, 1.82) is 0 Å². The van der Waals surface area contributed by atoms with Crippen LogP contribution in [0, 0.1) is 10.1 Å². The Morgan fingerprint density at radius 2 is 1.97 bits per heavy atom. The van der Waals surface area contributed by atoms with E-state index in [-0.39, 0.29) is 22.2 Å². The second-order valence-electron chi connectivity index (χ2n) is 6.06. The Bertz CT molecular complexity index is 1270. The molecule has 1 aromatic carbocycles. The van der Waals surface area contributed by atoms with E-state index >= 15 is 0 Å². The molecule has 14 heteroatoms. The minimum Gasteiger partial charge on any atom is -0.489 e. The molecule has 10 nitrogen and oxygen atoms in total. The van der Waals surface area contributed by atoms with Crippen molar-refractivity contribution in [3.05, 3.63) is 83.9 Å². The Balaban J connectivity index is 2.10. The highest BCUT2D eigenvalue weighted by Crippen LogP contribution is 2.38. The lowest BCUT2D eigenvalue weighted by atomic mass is 10.0. The summed E-state index contributed by atoms with van der Waals surface area (Å²) in [6.07, 6.45) is -3.84. The van der Waals surface area contributed by atoms with Gasteiger partial charge in [-0.05, 0) is 18.2 Å². The fourth-order valence-corrected chi connectivity index (χ4v) is 2.81. The summed E-state index contributed by atoms with van der Waals surface area (Å²) in [6.45, 7) is -0.0667. The quantitative estimate of drug-likeness (QED) is 0.259. The SMILES string of the molecule is Nn1c(C(F)(F)F)c(-c2ccc(OCc3ccc(Cl)nc3)cc2[N+](=O)[O-])c(=O)[nH]c1=O. The van der Waals surface area contributed by atoms with E-state index in [2.05, 4.69) is 4.98 Å². The van der Waals surface area contributed by atoms with Crippen LogP contribution in [0.3, 0.4) is 0 Å². The Morgan fingerprint density at radius 3 is 2.55 bits per heavy atom. The van der Waals surface area contributed by atoms with E-state index in [9.17, 15) is 32.9 Å². The number of nitrogen functional groups attached to an aromatic ring is 1. The number of rotatable bonds is 5. The molecule has 0 bridgehead atoms. The van der Waals surface area contributed by atoms with Gasteiger partial charge in [0, 0.05) is 11.8 Å². The van der Waals surface area contributed by atoms with Gasteiger partial charge in [-0.25, -0.2) is 14.5 Å². The van der Waals surface area contributed by atoms with Gasteiger partial charge in [-0.3, -0.25) is 19.9 Å². The second-order valence-corrected chi connectivity index (χ2v) is 6.45. The lowest BCUT2D eigenvalue weighted by Gasteiger charge is -2.15. The molecule has 2 aromatic heterocycles. The fraction of sp³-hybridized carbons (Fsp3) is 0.118. The third-order valence-electron chi connectivity index (χ3n) is 4.04. The number of hydrogen-bond acceptors (Lipinski definition) is 7. The van der Waals surface area contributed by atoms with E-state index in [1.807, 2.05) is 0 Å². The number of H-pyrrole nitrogens is 1. The minimum atomic E-state index is -5.25. The molecule has 3 N–H and O–H groups in total. The van der Waals surface area contributed by atoms with Gasteiger partial charge in [-0.2, -0.15) is 13.2 Å². The van der Waals surface area contributed by atoms with Gasteiger partial charge in [0.25, 0.3) is 11.2 Å². The molecule has 0 aliphatic heterocycles. The van der Waals surface area contributed by atoms with Gasteiger partial charge in [-0.1, -0.05) is 17.7 Å². The van der Waals surface area contributed by atoms with E-state index in [0.717, 1.165) is 18.2 Å². The van der Waals surface area contributed by atoms with Crippen molar-refractivity contribution >= 4 is 17.3 Å². The minimum absolute atomic E-state index is 0.0588. The maximum atomic E-state index is 13.5. The lowest BCUT2D eigenvalue weighted by molar-refractivity contribution is -0.384. The van der Waals surface area contributed by atoms with Crippen molar-refractivity contribution in [1.82, 2.24) is 14.6 Å². The first kappa shape index (κ1) is 21.8. The first-order valence-electron chi connectivity index (χ1n) is 8.22. The maximum Gasteiger partial charge on any atom is 0.434 e. The number of nitro benzene ring substituents is 1. The molecule has 0 fully saturated rings.